The van der Waals surface area contributed by atoms with Crippen LogP contribution in [0.1, 0.15) is 46.2 Å². The molecular weight excluding hydrogens is 252 g/mol. The van der Waals surface area contributed by atoms with Crippen LogP contribution in [-0.2, 0) is 0 Å². The van der Waals surface area contributed by atoms with Gasteiger partial charge in [0.05, 0.1) is 0 Å². The van der Waals surface area contributed by atoms with Crippen molar-refractivity contribution >= 4 is 11.5 Å². The highest BCUT2D eigenvalue weighted by Gasteiger charge is 2.18. The first kappa shape index (κ1) is 16.3. The Morgan fingerprint density at radius 2 is 2.05 bits per heavy atom. The largest absolute Gasteiger partial charge is 0.409 e. The molecule has 0 aromatic carbocycles. The molecule has 0 fully saturated rings. The van der Waals surface area contributed by atoms with Gasteiger partial charge in [0.2, 0.25) is 0 Å². The van der Waals surface area contributed by atoms with E-state index in [1.807, 2.05) is 12.1 Å². The Morgan fingerprint density at radius 3 is 2.55 bits per heavy atom. The van der Waals surface area contributed by atoms with E-state index in [0.717, 1.165) is 25.1 Å². The van der Waals surface area contributed by atoms with Gasteiger partial charge in [0.25, 0.3) is 0 Å². The average Bonchev–Trinajstić information content (AvgIpc) is 2.46. The molecule has 20 heavy (non-hydrogen) atoms. The highest BCUT2D eigenvalue weighted by Crippen LogP contribution is 2.22. The minimum Gasteiger partial charge on any atom is -0.409 e. The second-order valence-corrected chi connectivity index (χ2v) is 5.40. The van der Waals surface area contributed by atoms with Gasteiger partial charge in [0.15, 0.2) is 5.84 Å². The zero-order valence-corrected chi connectivity index (χ0v) is 12.9. The summed E-state index contributed by atoms with van der Waals surface area (Å²) in [6, 6.07) is 4.35. The number of anilines is 1. The molecule has 1 rings (SSSR count). The topological polar surface area (TPSA) is 74.7 Å². The van der Waals surface area contributed by atoms with Gasteiger partial charge in [-0.1, -0.05) is 32.9 Å². The van der Waals surface area contributed by atoms with Crippen LogP contribution in [0.3, 0.4) is 0 Å². The van der Waals surface area contributed by atoms with Crippen molar-refractivity contribution in [2.45, 2.75) is 46.6 Å². The average molecular weight is 278 g/mol. The van der Waals surface area contributed by atoms with Crippen molar-refractivity contribution in [1.29, 1.82) is 0 Å². The molecule has 112 valence electrons. The first-order valence-electron chi connectivity index (χ1n) is 7.24. The van der Waals surface area contributed by atoms with E-state index in [1.54, 1.807) is 6.20 Å². The van der Waals surface area contributed by atoms with Crippen LogP contribution in [0.2, 0.25) is 0 Å². The van der Waals surface area contributed by atoms with Crippen molar-refractivity contribution in [3.63, 3.8) is 0 Å². The number of hydrogen-bond acceptors (Lipinski definition) is 4. The Kier molecular flexibility index (Phi) is 6.28. The summed E-state index contributed by atoms with van der Waals surface area (Å²) in [5.74, 6) is 0.608. The maximum absolute atomic E-state index is 8.77. The molecule has 0 unspecified atom stereocenters. The first-order chi connectivity index (χ1) is 9.53. The van der Waals surface area contributed by atoms with Crippen LogP contribution in [0.4, 0.5) is 5.69 Å². The van der Waals surface area contributed by atoms with E-state index in [9.17, 15) is 0 Å². The van der Waals surface area contributed by atoms with Crippen molar-refractivity contribution in [1.82, 2.24) is 4.98 Å². The fraction of sp³-hybridized carbons (Fsp3) is 0.600. The molecule has 1 aromatic rings. The standard InChI is InChI=1S/C15H26N4O/c1-5-12(6-2)19(10-11(3)4)13-7-8-17-14(9-13)15(16)18-20/h7-9,11-12,20H,5-6,10H2,1-4H3,(H2,16,18). The summed E-state index contributed by atoms with van der Waals surface area (Å²) in [5.41, 5.74) is 7.20. The smallest absolute Gasteiger partial charge is 0.188 e. The van der Waals surface area contributed by atoms with Crippen LogP contribution in [0.25, 0.3) is 0 Å². The lowest BCUT2D eigenvalue weighted by molar-refractivity contribution is 0.318. The lowest BCUT2D eigenvalue weighted by atomic mass is 10.1. The summed E-state index contributed by atoms with van der Waals surface area (Å²) < 4.78 is 0. The Morgan fingerprint density at radius 1 is 1.40 bits per heavy atom. The predicted molar refractivity (Wildman–Crippen MR) is 83.3 cm³/mol. The third-order valence-corrected chi connectivity index (χ3v) is 3.39. The van der Waals surface area contributed by atoms with Crippen LogP contribution in [0.5, 0.6) is 0 Å². The molecule has 0 saturated heterocycles. The van der Waals surface area contributed by atoms with Crippen LogP contribution in [0, 0.1) is 5.92 Å². The van der Waals surface area contributed by atoms with Gasteiger partial charge in [-0.15, -0.1) is 0 Å². The summed E-state index contributed by atoms with van der Waals surface area (Å²) >= 11 is 0. The summed E-state index contributed by atoms with van der Waals surface area (Å²) in [7, 11) is 0. The third kappa shape index (κ3) is 4.11. The highest BCUT2D eigenvalue weighted by atomic mass is 16.4. The lowest BCUT2D eigenvalue weighted by Crippen LogP contribution is -2.37. The monoisotopic (exact) mass is 278 g/mol. The number of pyridine rings is 1. The molecule has 1 aromatic heterocycles. The number of nitrogens with zero attached hydrogens (tertiary/aromatic N) is 3. The van der Waals surface area contributed by atoms with Gasteiger partial charge < -0.3 is 15.8 Å². The second kappa shape index (κ2) is 7.72. The fourth-order valence-electron chi connectivity index (χ4n) is 2.38. The van der Waals surface area contributed by atoms with Crippen LogP contribution < -0.4 is 10.6 Å². The number of aromatic nitrogens is 1. The molecule has 0 aliphatic heterocycles. The quantitative estimate of drug-likeness (QED) is 0.348. The normalized spacial score (nSPS) is 12.2. The summed E-state index contributed by atoms with van der Waals surface area (Å²) in [6.45, 7) is 9.80. The third-order valence-electron chi connectivity index (χ3n) is 3.39. The van der Waals surface area contributed by atoms with Gasteiger partial charge in [-0.05, 0) is 30.9 Å². The molecule has 0 aliphatic carbocycles. The maximum atomic E-state index is 8.77. The minimum absolute atomic E-state index is 0.0425. The van der Waals surface area contributed by atoms with E-state index < -0.39 is 0 Å². The van der Waals surface area contributed by atoms with E-state index in [0.29, 0.717) is 17.7 Å². The van der Waals surface area contributed by atoms with Gasteiger partial charge in [-0.2, -0.15) is 0 Å². The van der Waals surface area contributed by atoms with Gasteiger partial charge in [0, 0.05) is 24.5 Å². The minimum atomic E-state index is 0.0425. The lowest BCUT2D eigenvalue weighted by Gasteiger charge is -2.34. The highest BCUT2D eigenvalue weighted by molar-refractivity contribution is 5.95. The first-order valence-corrected chi connectivity index (χ1v) is 7.24. The van der Waals surface area contributed by atoms with E-state index in [2.05, 4.69) is 42.7 Å². The van der Waals surface area contributed by atoms with Gasteiger partial charge in [-0.25, -0.2) is 0 Å². The van der Waals surface area contributed by atoms with Crippen LogP contribution in [0.15, 0.2) is 23.5 Å². The number of nitrogens with two attached hydrogens (primary N) is 1. The summed E-state index contributed by atoms with van der Waals surface area (Å²) in [6.07, 6.45) is 3.88. The van der Waals surface area contributed by atoms with E-state index >= 15 is 0 Å². The molecule has 1 heterocycles. The molecule has 0 spiro atoms. The van der Waals surface area contributed by atoms with Crippen molar-refractivity contribution < 1.29 is 5.21 Å². The molecule has 0 radical (unpaired) electrons. The fourth-order valence-corrected chi connectivity index (χ4v) is 2.38. The van der Waals surface area contributed by atoms with Crippen molar-refractivity contribution in [3.05, 3.63) is 24.0 Å². The molecular formula is C15H26N4O. The molecule has 0 atom stereocenters. The number of amidine groups is 1. The number of rotatable bonds is 7. The van der Waals surface area contributed by atoms with Crippen molar-refractivity contribution in [3.8, 4) is 0 Å². The second-order valence-electron chi connectivity index (χ2n) is 5.40. The molecule has 3 N–H and O–H groups in total. The Balaban J connectivity index is 3.13. The van der Waals surface area contributed by atoms with Crippen molar-refractivity contribution in [2.75, 3.05) is 11.4 Å². The zero-order chi connectivity index (χ0) is 15.1. The van der Waals surface area contributed by atoms with Crippen LogP contribution in [-0.4, -0.2) is 28.6 Å². The van der Waals surface area contributed by atoms with Gasteiger partial charge >= 0.3 is 0 Å². The van der Waals surface area contributed by atoms with E-state index in [-0.39, 0.29) is 5.84 Å². The zero-order valence-electron chi connectivity index (χ0n) is 12.9. The maximum Gasteiger partial charge on any atom is 0.188 e. The Bertz CT molecular complexity index is 441. The molecule has 0 bridgehead atoms. The predicted octanol–water partition coefficient (Wildman–Crippen LogP) is 2.83. The van der Waals surface area contributed by atoms with E-state index in [1.165, 1.54) is 0 Å². The van der Waals surface area contributed by atoms with Crippen molar-refractivity contribution in [2.24, 2.45) is 16.8 Å². The van der Waals surface area contributed by atoms with E-state index in [4.69, 9.17) is 10.9 Å². The number of oxime groups is 1. The molecule has 5 nitrogen and oxygen atoms in total. The molecule has 5 heteroatoms. The number of hydrogen-bond donors (Lipinski definition) is 2. The van der Waals surface area contributed by atoms with Crippen LogP contribution >= 0.6 is 0 Å². The molecule has 0 amide bonds. The Labute approximate surface area is 121 Å². The Hall–Kier alpha value is -1.78. The molecule has 0 saturated carbocycles. The summed E-state index contributed by atoms with van der Waals surface area (Å²) in [5, 5.41) is 11.8. The summed E-state index contributed by atoms with van der Waals surface area (Å²) in [4.78, 5) is 6.53. The SMILES string of the molecule is CCC(CC)N(CC(C)C)c1ccnc(C(N)=NO)c1. The molecule has 0 aliphatic rings. The van der Waals surface area contributed by atoms with Gasteiger partial charge in [0.1, 0.15) is 5.69 Å². The van der Waals surface area contributed by atoms with Gasteiger partial charge in [-0.3, -0.25) is 4.98 Å².